The summed E-state index contributed by atoms with van der Waals surface area (Å²) in [6.45, 7) is 4.53. The zero-order chi connectivity index (χ0) is 22.5. The Balaban J connectivity index is 1.41. The summed E-state index contributed by atoms with van der Waals surface area (Å²) in [5.41, 5.74) is 1.82. The molecule has 9 heteroatoms. The first-order valence-corrected chi connectivity index (χ1v) is 12.5. The Labute approximate surface area is 197 Å². The van der Waals surface area contributed by atoms with Crippen molar-refractivity contribution in [2.75, 3.05) is 33.8 Å². The van der Waals surface area contributed by atoms with Crippen LogP contribution in [0.1, 0.15) is 40.8 Å². The third kappa shape index (κ3) is 5.98. The summed E-state index contributed by atoms with van der Waals surface area (Å²) in [5, 5.41) is 8.08. The number of likely N-dealkylation sites (N-methyl/N-ethyl adjacent to an activating group) is 1. The van der Waals surface area contributed by atoms with E-state index in [2.05, 4.69) is 25.5 Å². The van der Waals surface area contributed by atoms with Gasteiger partial charge >= 0.3 is 0 Å². The Kier molecular flexibility index (Phi) is 7.62. The van der Waals surface area contributed by atoms with Gasteiger partial charge < -0.3 is 20.3 Å². The van der Waals surface area contributed by atoms with Gasteiger partial charge in [0.25, 0.3) is 5.91 Å². The van der Waals surface area contributed by atoms with E-state index in [1.165, 1.54) is 24.6 Å². The zero-order valence-electron chi connectivity index (χ0n) is 18.7. The van der Waals surface area contributed by atoms with Crippen LogP contribution < -0.4 is 15.4 Å². The van der Waals surface area contributed by atoms with Gasteiger partial charge in [-0.25, -0.2) is 9.98 Å². The molecule has 1 aromatic carbocycles. The highest BCUT2D eigenvalue weighted by atomic mass is 32.2. The van der Waals surface area contributed by atoms with Crippen molar-refractivity contribution in [3.05, 3.63) is 44.7 Å². The van der Waals surface area contributed by atoms with E-state index in [-0.39, 0.29) is 5.91 Å². The lowest BCUT2D eigenvalue weighted by Crippen LogP contribution is -2.26. The Bertz CT molecular complexity index is 1030. The third-order valence-corrected chi connectivity index (χ3v) is 7.24. The molecule has 32 heavy (non-hydrogen) atoms. The van der Waals surface area contributed by atoms with Crippen molar-refractivity contribution in [1.29, 1.82) is 0 Å². The average molecular weight is 472 g/mol. The second-order valence-electron chi connectivity index (χ2n) is 8.19. The first-order chi connectivity index (χ1) is 15.5. The third-order valence-electron chi connectivity index (χ3n) is 5.27. The normalized spacial score (nSPS) is 21.5. The lowest BCUT2D eigenvalue weighted by atomic mass is 10.1. The van der Waals surface area contributed by atoms with E-state index >= 15 is 0 Å². The van der Waals surface area contributed by atoms with Crippen molar-refractivity contribution in [3.8, 4) is 5.75 Å². The van der Waals surface area contributed by atoms with E-state index in [4.69, 9.17) is 4.74 Å². The van der Waals surface area contributed by atoms with E-state index in [1.807, 2.05) is 51.5 Å². The predicted octanol–water partition coefficient (Wildman–Crippen LogP) is 4.10. The molecule has 2 aliphatic rings. The smallest absolute Gasteiger partial charge is 0.264 e. The van der Waals surface area contributed by atoms with Crippen molar-refractivity contribution >= 4 is 45.9 Å². The maximum Gasteiger partial charge on any atom is 0.264 e. The van der Waals surface area contributed by atoms with Gasteiger partial charge in [-0.05, 0) is 82.0 Å². The molecule has 1 amide bonds. The molecule has 2 fully saturated rings. The predicted molar refractivity (Wildman–Crippen MR) is 133 cm³/mol. The minimum absolute atomic E-state index is 0.124. The molecule has 7 nitrogen and oxygen atoms in total. The van der Waals surface area contributed by atoms with Crippen molar-refractivity contribution in [3.63, 3.8) is 0 Å². The number of hydrogen-bond acceptors (Lipinski definition) is 8. The number of amides is 1. The van der Waals surface area contributed by atoms with Gasteiger partial charge in [0.1, 0.15) is 17.4 Å². The molecule has 0 aliphatic carbocycles. The van der Waals surface area contributed by atoms with Crippen LogP contribution in [-0.4, -0.2) is 54.8 Å². The van der Waals surface area contributed by atoms with Gasteiger partial charge in [0.2, 0.25) is 0 Å². The number of aryl methyl sites for hydroxylation is 1. The summed E-state index contributed by atoms with van der Waals surface area (Å²) in [6, 6.07) is 6.15. The number of thiazole rings is 1. The molecular weight excluding hydrogens is 442 g/mol. The summed E-state index contributed by atoms with van der Waals surface area (Å²) in [4.78, 5) is 25.4. The molecule has 1 atom stereocenters. The highest BCUT2D eigenvalue weighted by molar-refractivity contribution is 8.18. The number of carbonyl (C=O) groups excluding carboxylic acids is 1. The summed E-state index contributed by atoms with van der Waals surface area (Å²) in [5.74, 6) is 0.700. The number of rotatable bonds is 7. The molecule has 1 unspecified atom stereocenters. The van der Waals surface area contributed by atoms with Crippen molar-refractivity contribution in [2.24, 2.45) is 4.99 Å². The molecule has 2 N–H and O–H groups in total. The number of aromatic nitrogens is 1. The number of ether oxygens (including phenoxy) is 1. The van der Waals surface area contributed by atoms with E-state index in [0.717, 1.165) is 46.4 Å². The number of amidine groups is 1. The minimum Gasteiger partial charge on any atom is -0.492 e. The van der Waals surface area contributed by atoms with Crippen LogP contribution in [-0.2, 0) is 4.79 Å². The topological polar surface area (TPSA) is 78.8 Å². The van der Waals surface area contributed by atoms with Gasteiger partial charge in [-0.15, -0.1) is 11.3 Å². The molecule has 4 rings (SSSR count). The lowest BCUT2D eigenvalue weighted by molar-refractivity contribution is -0.115. The van der Waals surface area contributed by atoms with Crippen LogP contribution in [0.3, 0.4) is 0 Å². The van der Waals surface area contributed by atoms with Crippen molar-refractivity contribution in [1.82, 2.24) is 20.5 Å². The van der Waals surface area contributed by atoms with Crippen molar-refractivity contribution < 1.29 is 9.53 Å². The molecule has 0 radical (unpaired) electrons. The number of benzene rings is 1. The standard InChI is InChI=1S/C23H29N5O2S2/c1-15-12-16(30-11-10-28(2)3)7-8-18(15)26-23-27-21(29)20(32-23)13-17-14-25-22(31-17)19-6-4-5-9-24-19/h7-8,12-14,19,24H,4-6,9-11H2,1-3H3,(H,26,27,29)/b20-13-. The summed E-state index contributed by atoms with van der Waals surface area (Å²) in [7, 11) is 4.04. The van der Waals surface area contributed by atoms with Crippen LogP contribution in [0.25, 0.3) is 6.08 Å². The van der Waals surface area contributed by atoms with Gasteiger partial charge in [0, 0.05) is 17.6 Å². The Morgan fingerprint density at radius 1 is 1.34 bits per heavy atom. The Morgan fingerprint density at radius 2 is 2.22 bits per heavy atom. The summed E-state index contributed by atoms with van der Waals surface area (Å²) in [6.07, 6.45) is 7.33. The molecule has 0 saturated carbocycles. The van der Waals surface area contributed by atoms with Crippen LogP contribution in [0, 0.1) is 6.92 Å². The SMILES string of the molecule is Cc1cc(OCCN(C)C)ccc1N=C1NC(=O)/C(=C/c2cnc(C3CCCCN3)s2)S1. The molecular formula is C23H29N5O2S2. The highest BCUT2D eigenvalue weighted by Crippen LogP contribution is 2.33. The molecule has 170 valence electrons. The Morgan fingerprint density at radius 3 is 2.97 bits per heavy atom. The Hall–Kier alpha value is -2.20. The van der Waals surface area contributed by atoms with Gasteiger partial charge in [0.15, 0.2) is 5.17 Å². The molecule has 2 aromatic rings. The summed E-state index contributed by atoms with van der Waals surface area (Å²) < 4.78 is 5.79. The maximum absolute atomic E-state index is 12.5. The van der Waals surface area contributed by atoms with Crippen LogP contribution in [0.5, 0.6) is 5.75 Å². The van der Waals surface area contributed by atoms with E-state index in [0.29, 0.717) is 22.7 Å². The van der Waals surface area contributed by atoms with E-state index in [9.17, 15) is 4.79 Å². The van der Waals surface area contributed by atoms with Gasteiger partial charge in [-0.3, -0.25) is 4.79 Å². The highest BCUT2D eigenvalue weighted by Gasteiger charge is 2.25. The molecule has 2 saturated heterocycles. The van der Waals surface area contributed by atoms with Crippen molar-refractivity contribution in [2.45, 2.75) is 32.2 Å². The molecule has 0 bridgehead atoms. The maximum atomic E-state index is 12.5. The summed E-state index contributed by atoms with van der Waals surface area (Å²) >= 11 is 3.01. The number of piperidine rings is 1. The average Bonchev–Trinajstić information content (AvgIpc) is 3.37. The molecule has 2 aliphatic heterocycles. The number of hydrogen-bond donors (Lipinski definition) is 2. The second-order valence-corrected chi connectivity index (χ2v) is 10.3. The minimum atomic E-state index is -0.124. The van der Waals surface area contributed by atoms with Gasteiger partial charge in [0.05, 0.1) is 16.6 Å². The quantitative estimate of drug-likeness (QED) is 0.592. The zero-order valence-corrected chi connectivity index (χ0v) is 20.3. The fourth-order valence-electron chi connectivity index (χ4n) is 3.50. The van der Waals surface area contributed by atoms with E-state index < -0.39 is 0 Å². The lowest BCUT2D eigenvalue weighted by Gasteiger charge is -2.20. The van der Waals surface area contributed by atoms with Crippen LogP contribution in [0.4, 0.5) is 5.69 Å². The number of nitrogens with zero attached hydrogens (tertiary/aromatic N) is 3. The monoisotopic (exact) mass is 471 g/mol. The number of nitrogens with one attached hydrogen (secondary N) is 2. The van der Waals surface area contributed by atoms with Crippen LogP contribution >= 0.6 is 23.1 Å². The first kappa shape index (κ1) is 23.0. The number of thioether (sulfide) groups is 1. The fourth-order valence-corrected chi connectivity index (χ4v) is 5.37. The number of aliphatic imine (C=N–C) groups is 1. The molecule has 0 spiro atoms. The van der Waals surface area contributed by atoms with E-state index in [1.54, 1.807) is 11.3 Å². The van der Waals surface area contributed by atoms with Crippen LogP contribution in [0.2, 0.25) is 0 Å². The van der Waals surface area contributed by atoms with Gasteiger partial charge in [-0.2, -0.15) is 0 Å². The largest absolute Gasteiger partial charge is 0.492 e. The first-order valence-electron chi connectivity index (χ1n) is 10.8. The molecule has 1 aromatic heterocycles. The van der Waals surface area contributed by atoms with Gasteiger partial charge in [-0.1, -0.05) is 6.42 Å². The molecule has 3 heterocycles. The number of carbonyl (C=O) groups is 1. The van der Waals surface area contributed by atoms with Crippen LogP contribution in [0.15, 0.2) is 34.3 Å². The second kappa shape index (κ2) is 10.6. The fraction of sp³-hybridized carbons (Fsp3) is 0.435.